The van der Waals surface area contributed by atoms with E-state index in [2.05, 4.69) is 6.92 Å². The van der Waals surface area contributed by atoms with Gasteiger partial charge < -0.3 is 25.1 Å². The number of nitrogens with two attached hydrogens (primary N) is 1. The summed E-state index contributed by atoms with van der Waals surface area (Å²) in [5.74, 6) is -1.06. The maximum atomic E-state index is 9.53. The van der Waals surface area contributed by atoms with Gasteiger partial charge in [0.1, 0.15) is 0 Å². The van der Waals surface area contributed by atoms with E-state index < -0.39 is 5.97 Å². The summed E-state index contributed by atoms with van der Waals surface area (Å²) in [5, 5.41) is 9.53. The highest BCUT2D eigenvalue weighted by Crippen LogP contribution is 2.49. The molecule has 0 saturated carbocycles. The van der Waals surface area contributed by atoms with Crippen LogP contribution in [0.15, 0.2) is 0 Å². The molecular formula is C22H47NO4. The molecule has 0 fully saturated rings. The zero-order valence-electron chi connectivity index (χ0n) is 18.6. The molecule has 27 heavy (non-hydrogen) atoms. The highest BCUT2D eigenvalue weighted by molar-refractivity contribution is 4.90. The molecular weight excluding hydrogens is 342 g/mol. The SMILES string of the molecule is CCCCCCCCC(CCCN)(CCCO)C(OCC)(OCC)OCC. The minimum Gasteiger partial charge on any atom is -0.396 e. The molecule has 1 atom stereocenters. The Bertz CT molecular complexity index is 300. The molecule has 5 nitrogen and oxygen atoms in total. The number of aliphatic hydroxyl groups is 1. The number of unbranched alkanes of at least 4 members (excludes halogenated alkanes) is 5. The van der Waals surface area contributed by atoms with Crippen LogP contribution in [0.4, 0.5) is 0 Å². The van der Waals surface area contributed by atoms with E-state index in [9.17, 15) is 5.11 Å². The van der Waals surface area contributed by atoms with Gasteiger partial charge in [-0.15, -0.1) is 0 Å². The summed E-state index contributed by atoms with van der Waals surface area (Å²) in [4.78, 5) is 0. The van der Waals surface area contributed by atoms with Crippen LogP contribution >= 0.6 is 0 Å². The van der Waals surface area contributed by atoms with E-state index in [4.69, 9.17) is 19.9 Å². The molecule has 0 aromatic carbocycles. The van der Waals surface area contributed by atoms with Gasteiger partial charge in [-0.2, -0.15) is 0 Å². The van der Waals surface area contributed by atoms with Gasteiger partial charge in [-0.25, -0.2) is 0 Å². The molecule has 0 aromatic rings. The van der Waals surface area contributed by atoms with Crippen molar-refractivity contribution in [2.24, 2.45) is 11.1 Å². The van der Waals surface area contributed by atoms with Crippen LogP contribution in [-0.4, -0.2) is 44.1 Å². The lowest BCUT2D eigenvalue weighted by Crippen LogP contribution is -2.55. The van der Waals surface area contributed by atoms with Crippen molar-refractivity contribution in [1.29, 1.82) is 0 Å². The highest BCUT2D eigenvalue weighted by atomic mass is 16.9. The van der Waals surface area contributed by atoms with Gasteiger partial charge in [-0.3, -0.25) is 0 Å². The summed E-state index contributed by atoms with van der Waals surface area (Å²) in [5.41, 5.74) is 5.58. The molecule has 0 aliphatic carbocycles. The van der Waals surface area contributed by atoms with Gasteiger partial charge in [0, 0.05) is 26.4 Å². The summed E-state index contributed by atoms with van der Waals surface area (Å²) in [6.45, 7) is 10.6. The van der Waals surface area contributed by atoms with Gasteiger partial charge in [-0.1, -0.05) is 45.4 Å². The molecule has 0 amide bonds. The molecule has 0 spiro atoms. The van der Waals surface area contributed by atoms with Crippen LogP contribution in [0.3, 0.4) is 0 Å². The van der Waals surface area contributed by atoms with Crippen molar-refractivity contribution in [3.05, 3.63) is 0 Å². The molecule has 0 aliphatic heterocycles. The standard InChI is InChI=1S/C22H47NO4/c1-5-9-10-11-12-13-16-21(17-14-19-23,18-15-20-24)22(25-6-2,26-7-3)27-8-4/h24H,5-20,23H2,1-4H3. The topological polar surface area (TPSA) is 73.9 Å². The van der Waals surface area contributed by atoms with Crippen LogP contribution in [0, 0.1) is 5.41 Å². The second kappa shape index (κ2) is 16.7. The number of ether oxygens (including phenoxy) is 3. The molecule has 3 N–H and O–H groups in total. The quantitative estimate of drug-likeness (QED) is 0.226. The van der Waals surface area contributed by atoms with E-state index in [-0.39, 0.29) is 12.0 Å². The second-order valence-corrected chi connectivity index (χ2v) is 7.37. The van der Waals surface area contributed by atoms with Crippen LogP contribution in [0.1, 0.15) is 98.3 Å². The zero-order chi connectivity index (χ0) is 20.4. The summed E-state index contributed by atoms with van der Waals surface area (Å²) in [6, 6.07) is 0. The van der Waals surface area contributed by atoms with Gasteiger partial charge in [0.05, 0.1) is 5.41 Å². The van der Waals surface area contributed by atoms with Crippen molar-refractivity contribution >= 4 is 0 Å². The molecule has 5 heteroatoms. The molecule has 0 aliphatic rings. The predicted octanol–water partition coefficient (Wildman–Crippen LogP) is 5.00. The van der Waals surface area contributed by atoms with Crippen LogP contribution in [0.5, 0.6) is 0 Å². The van der Waals surface area contributed by atoms with Crippen molar-refractivity contribution in [2.45, 2.75) is 104 Å². The Morgan fingerprint density at radius 2 is 1.15 bits per heavy atom. The smallest absolute Gasteiger partial charge is 0.288 e. The largest absolute Gasteiger partial charge is 0.396 e. The summed E-state index contributed by atoms with van der Waals surface area (Å²) >= 11 is 0. The van der Waals surface area contributed by atoms with Gasteiger partial charge in [-0.05, 0) is 59.4 Å². The summed E-state index contributed by atoms with van der Waals surface area (Å²) in [7, 11) is 0. The maximum absolute atomic E-state index is 9.53. The van der Waals surface area contributed by atoms with Gasteiger partial charge in [0.25, 0.3) is 5.97 Å². The molecule has 0 bridgehead atoms. The second-order valence-electron chi connectivity index (χ2n) is 7.37. The monoisotopic (exact) mass is 389 g/mol. The minimum absolute atomic E-state index is 0.168. The minimum atomic E-state index is -1.06. The number of hydrogen-bond donors (Lipinski definition) is 2. The van der Waals surface area contributed by atoms with Crippen LogP contribution in [-0.2, 0) is 14.2 Å². The van der Waals surface area contributed by atoms with E-state index in [0.29, 0.717) is 26.4 Å². The van der Waals surface area contributed by atoms with E-state index in [1.165, 1.54) is 32.1 Å². The molecule has 0 saturated heterocycles. The fourth-order valence-electron chi connectivity index (χ4n) is 4.09. The lowest BCUT2D eigenvalue weighted by Gasteiger charge is -2.49. The molecule has 164 valence electrons. The Labute approximate surface area is 168 Å². The van der Waals surface area contributed by atoms with Crippen molar-refractivity contribution in [1.82, 2.24) is 0 Å². The van der Waals surface area contributed by atoms with Crippen LogP contribution in [0.25, 0.3) is 0 Å². The van der Waals surface area contributed by atoms with Gasteiger partial charge >= 0.3 is 0 Å². The van der Waals surface area contributed by atoms with E-state index in [0.717, 1.165) is 38.5 Å². The van der Waals surface area contributed by atoms with Crippen molar-refractivity contribution < 1.29 is 19.3 Å². The third kappa shape index (κ3) is 9.23. The van der Waals surface area contributed by atoms with Gasteiger partial charge in [0.15, 0.2) is 0 Å². The first-order chi connectivity index (χ1) is 13.1. The number of aliphatic hydroxyl groups excluding tert-OH is 1. The molecule has 0 radical (unpaired) electrons. The zero-order valence-corrected chi connectivity index (χ0v) is 18.6. The van der Waals surface area contributed by atoms with Gasteiger partial charge in [0.2, 0.25) is 0 Å². The normalized spacial score (nSPS) is 14.4. The fraction of sp³-hybridized carbons (Fsp3) is 1.00. The Morgan fingerprint density at radius 3 is 1.63 bits per heavy atom. The van der Waals surface area contributed by atoms with Crippen molar-refractivity contribution in [3.8, 4) is 0 Å². The lowest BCUT2D eigenvalue weighted by atomic mass is 9.72. The van der Waals surface area contributed by atoms with Crippen LogP contribution < -0.4 is 5.73 Å². The Kier molecular flexibility index (Phi) is 16.6. The highest BCUT2D eigenvalue weighted by Gasteiger charge is 2.53. The number of rotatable bonds is 20. The Balaban J connectivity index is 5.52. The Hall–Kier alpha value is -0.200. The molecule has 0 rings (SSSR count). The predicted molar refractivity (Wildman–Crippen MR) is 113 cm³/mol. The molecule has 0 heterocycles. The number of hydrogen-bond acceptors (Lipinski definition) is 5. The Morgan fingerprint density at radius 1 is 0.667 bits per heavy atom. The molecule has 1 unspecified atom stereocenters. The van der Waals surface area contributed by atoms with E-state index >= 15 is 0 Å². The lowest BCUT2D eigenvalue weighted by molar-refractivity contribution is -0.432. The maximum Gasteiger partial charge on any atom is 0.288 e. The average Bonchev–Trinajstić information content (AvgIpc) is 2.66. The van der Waals surface area contributed by atoms with Crippen LogP contribution in [0.2, 0.25) is 0 Å². The van der Waals surface area contributed by atoms with E-state index in [1.807, 2.05) is 20.8 Å². The van der Waals surface area contributed by atoms with Crippen molar-refractivity contribution in [2.75, 3.05) is 33.0 Å². The summed E-state index contributed by atoms with van der Waals surface area (Å²) in [6.07, 6.45) is 11.8. The first kappa shape index (κ1) is 26.8. The summed E-state index contributed by atoms with van der Waals surface area (Å²) < 4.78 is 18.6. The third-order valence-electron chi connectivity index (χ3n) is 5.33. The first-order valence-electron chi connectivity index (χ1n) is 11.3. The van der Waals surface area contributed by atoms with E-state index in [1.54, 1.807) is 0 Å². The fourth-order valence-corrected chi connectivity index (χ4v) is 4.09. The van der Waals surface area contributed by atoms with Crippen molar-refractivity contribution in [3.63, 3.8) is 0 Å². The first-order valence-corrected chi connectivity index (χ1v) is 11.3. The third-order valence-corrected chi connectivity index (χ3v) is 5.33. The average molecular weight is 390 g/mol. The molecule has 0 aromatic heterocycles.